The third-order valence-corrected chi connectivity index (χ3v) is 4.80. The number of carbonyl (C=O) groups excluding carboxylic acids is 2. The molecule has 2 N–H and O–H groups in total. The van der Waals surface area contributed by atoms with Crippen LogP contribution < -0.4 is 15.4 Å². The minimum absolute atomic E-state index is 0.175. The molecule has 0 radical (unpaired) electrons. The molecule has 26 heavy (non-hydrogen) atoms. The molecular formula is C19H20ClN3O3. The van der Waals surface area contributed by atoms with Crippen LogP contribution in [0.25, 0.3) is 0 Å². The molecular weight excluding hydrogens is 354 g/mol. The molecule has 3 rings (SSSR count). The van der Waals surface area contributed by atoms with Crippen molar-refractivity contribution in [1.29, 1.82) is 0 Å². The first kappa shape index (κ1) is 18.2. The van der Waals surface area contributed by atoms with Gasteiger partial charge in [0.2, 0.25) is 0 Å². The van der Waals surface area contributed by atoms with E-state index < -0.39 is 0 Å². The highest BCUT2D eigenvalue weighted by molar-refractivity contribution is 6.34. The van der Waals surface area contributed by atoms with Crippen molar-refractivity contribution in [3.8, 4) is 0 Å². The molecule has 0 spiro atoms. The van der Waals surface area contributed by atoms with Crippen LogP contribution >= 0.6 is 11.6 Å². The third kappa shape index (κ3) is 4.52. The Morgan fingerprint density at radius 2 is 1.73 bits per heavy atom. The van der Waals surface area contributed by atoms with Crippen molar-refractivity contribution in [2.45, 2.75) is 38.1 Å². The summed E-state index contributed by atoms with van der Waals surface area (Å²) in [5.74, 6) is -0.600. The molecule has 1 aliphatic rings. The SMILES string of the molecule is O=C(Nc1ccc(Cl)c(C(=O)NC2CCCCC2)c1)c1cc[n+]([O-])cc1. The molecule has 7 heteroatoms. The summed E-state index contributed by atoms with van der Waals surface area (Å²) >= 11 is 6.17. The lowest BCUT2D eigenvalue weighted by Gasteiger charge is -2.23. The Morgan fingerprint density at radius 1 is 1.04 bits per heavy atom. The van der Waals surface area contributed by atoms with Crippen molar-refractivity contribution >= 4 is 29.1 Å². The van der Waals surface area contributed by atoms with Gasteiger partial charge in [0.1, 0.15) is 0 Å². The van der Waals surface area contributed by atoms with E-state index in [-0.39, 0.29) is 17.9 Å². The second kappa shape index (κ2) is 8.19. The molecule has 2 amide bonds. The Bertz CT molecular complexity index is 802. The molecule has 0 unspecified atom stereocenters. The lowest BCUT2D eigenvalue weighted by atomic mass is 9.95. The van der Waals surface area contributed by atoms with E-state index in [1.807, 2.05) is 0 Å². The van der Waals surface area contributed by atoms with Crippen LogP contribution in [0.4, 0.5) is 5.69 Å². The van der Waals surface area contributed by atoms with E-state index in [9.17, 15) is 14.8 Å². The first-order chi connectivity index (χ1) is 12.5. The number of pyridine rings is 1. The lowest BCUT2D eigenvalue weighted by molar-refractivity contribution is -0.605. The van der Waals surface area contributed by atoms with E-state index in [1.54, 1.807) is 18.2 Å². The number of aromatic nitrogens is 1. The molecule has 2 aromatic rings. The highest BCUT2D eigenvalue weighted by Crippen LogP contribution is 2.23. The quantitative estimate of drug-likeness (QED) is 0.637. The van der Waals surface area contributed by atoms with Crippen LogP contribution in [-0.4, -0.2) is 17.9 Å². The Morgan fingerprint density at radius 3 is 2.42 bits per heavy atom. The molecule has 0 aliphatic heterocycles. The number of benzene rings is 1. The molecule has 6 nitrogen and oxygen atoms in total. The summed E-state index contributed by atoms with van der Waals surface area (Å²) < 4.78 is 0.604. The Kier molecular flexibility index (Phi) is 5.73. The van der Waals surface area contributed by atoms with Gasteiger partial charge in [-0.05, 0) is 31.0 Å². The molecule has 1 aromatic carbocycles. The van der Waals surface area contributed by atoms with Crippen LogP contribution in [0, 0.1) is 5.21 Å². The van der Waals surface area contributed by atoms with Gasteiger partial charge in [0.25, 0.3) is 11.8 Å². The number of nitrogens with one attached hydrogen (secondary N) is 2. The maximum atomic E-state index is 12.5. The van der Waals surface area contributed by atoms with Gasteiger partial charge in [-0.25, -0.2) is 0 Å². The second-order valence-electron chi connectivity index (χ2n) is 6.40. The van der Waals surface area contributed by atoms with Crippen LogP contribution in [-0.2, 0) is 0 Å². The number of halogens is 1. The minimum Gasteiger partial charge on any atom is -0.619 e. The summed E-state index contributed by atoms with van der Waals surface area (Å²) in [6, 6.07) is 7.81. The minimum atomic E-state index is -0.369. The van der Waals surface area contributed by atoms with Gasteiger partial charge in [0, 0.05) is 23.9 Å². The highest BCUT2D eigenvalue weighted by Gasteiger charge is 2.19. The number of amides is 2. The molecule has 136 valence electrons. The fourth-order valence-corrected chi connectivity index (χ4v) is 3.26. The number of hydrogen-bond donors (Lipinski definition) is 2. The van der Waals surface area contributed by atoms with Crippen molar-refractivity contribution in [3.63, 3.8) is 0 Å². The zero-order chi connectivity index (χ0) is 18.5. The summed E-state index contributed by atoms with van der Waals surface area (Å²) in [6.07, 6.45) is 7.91. The maximum Gasteiger partial charge on any atom is 0.256 e. The maximum absolute atomic E-state index is 12.5. The first-order valence-electron chi connectivity index (χ1n) is 8.63. The zero-order valence-corrected chi connectivity index (χ0v) is 15.0. The normalized spacial score (nSPS) is 14.7. The van der Waals surface area contributed by atoms with Crippen LogP contribution in [0.3, 0.4) is 0 Å². The van der Waals surface area contributed by atoms with Gasteiger partial charge in [-0.1, -0.05) is 30.9 Å². The average Bonchev–Trinajstić information content (AvgIpc) is 2.64. The average molecular weight is 374 g/mol. The summed E-state index contributed by atoms with van der Waals surface area (Å²) in [4.78, 5) is 24.8. The van der Waals surface area contributed by atoms with Crippen LogP contribution in [0.2, 0.25) is 5.02 Å². The predicted molar refractivity (Wildman–Crippen MR) is 99.1 cm³/mol. The van der Waals surface area contributed by atoms with E-state index in [1.165, 1.54) is 30.9 Å². The predicted octanol–water partition coefficient (Wildman–Crippen LogP) is 3.29. The molecule has 0 atom stereocenters. The van der Waals surface area contributed by atoms with E-state index in [0.29, 0.717) is 26.6 Å². The van der Waals surface area contributed by atoms with Crippen molar-refractivity contribution in [2.24, 2.45) is 0 Å². The van der Waals surface area contributed by atoms with Gasteiger partial charge >= 0.3 is 0 Å². The Balaban J connectivity index is 1.71. The van der Waals surface area contributed by atoms with Gasteiger partial charge in [0.05, 0.1) is 16.1 Å². The topological polar surface area (TPSA) is 85.1 Å². The van der Waals surface area contributed by atoms with Crippen LogP contribution in [0.15, 0.2) is 42.7 Å². The van der Waals surface area contributed by atoms with Gasteiger partial charge in [-0.3, -0.25) is 9.59 Å². The summed E-state index contributed by atoms with van der Waals surface area (Å²) in [5, 5.41) is 17.1. The lowest BCUT2D eigenvalue weighted by Crippen LogP contribution is -2.36. The van der Waals surface area contributed by atoms with E-state index in [0.717, 1.165) is 25.7 Å². The smallest absolute Gasteiger partial charge is 0.256 e. The monoisotopic (exact) mass is 373 g/mol. The fourth-order valence-electron chi connectivity index (χ4n) is 3.05. The van der Waals surface area contributed by atoms with Crippen molar-refractivity contribution < 1.29 is 14.3 Å². The highest BCUT2D eigenvalue weighted by atomic mass is 35.5. The Labute approximate surface area is 156 Å². The van der Waals surface area contributed by atoms with E-state index >= 15 is 0 Å². The van der Waals surface area contributed by atoms with Crippen LogP contribution in [0.5, 0.6) is 0 Å². The molecule has 1 fully saturated rings. The molecule has 1 aliphatic carbocycles. The van der Waals surface area contributed by atoms with Crippen molar-refractivity contribution in [1.82, 2.24) is 5.32 Å². The van der Waals surface area contributed by atoms with Gasteiger partial charge in [0.15, 0.2) is 12.4 Å². The number of nitrogens with zero attached hydrogens (tertiary/aromatic N) is 1. The number of hydrogen-bond acceptors (Lipinski definition) is 3. The Hall–Kier alpha value is -2.60. The van der Waals surface area contributed by atoms with Gasteiger partial charge < -0.3 is 15.8 Å². The van der Waals surface area contributed by atoms with Crippen molar-refractivity contribution in [2.75, 3.05) is 5.32 Å². The second-order valence-corrected chi connectivity index (χ2v) is 6.81. The number of carbonyl (C=O) groups is 2. The zero-order valence-electron chi connectivity index (χ0n) is 14.2. The first-order valence-corrected chi connectivity index (χ1v) is 9.01. The number of rotatable bonds is 4. The van der Waals surface area contributed by atoms with Crippen molar-refractivity contribution in [3.05, 3.63) is 64.1 Å². The van der Waals surface area contributed by atoms with E-state index in [4.69, 9.17) is 11.6 Å². The summed E-state index contributed by atoms with van der Waals surface area (Å²) in [7, 11) is 0. The van der Waals surface area contributed by atoms with Crippen LogP contribution in [0.1, 0.15) is 52.8 Å². The molecule has 1 saturated carbocycles. The molecule has 0 bridgehead atoms. The third-order valence-electron chi connectivity index (χ3n) is 4.47. The summed E-state index contributed by atoms with van der Waals surface area (Å²) in [5.41, 5.74) is 1.15. The number of anilines is 1. The largest absolute Gasteiger partial charge is 0.619 e. The summed E-state index contributed by atoms with van der Waals surface area (Å²) in [6.45, 7) is 0. The van der Waals surface area contributed by atoms with Gasteiger partial charge in [-0.2, -0.15) is 4.73 Å². The molecule has 1 heterocycles. The fraction of sp³-hybridized carbons (Fsp3) is 0.316. The van der Waals surface area contributed by atoms with Gasteiger partial charge in [-0.15, -0.1) is 0 Å². The standard InChI is InChI=1S/C19H20ClN3O3/c20-17-7-6-15(22-18(24)13-8-10-23(26)11-9-13)12-16(17)19(25)21-14-4-2-1-3-5-14/h6-12,14H,1-5H2,(H,21,25)(H,22,24). The van der Waals surface area contributed by atoms with E-state index in [2.05, 4.69) is 10.6 Å². The molecule has 1 aromatic heterocycles. The molecule has 0 saturated heterocycles.